The third kappa shape index (κ3) is 6.80. The first kappa shape index (κ1) is 37.9. The number of nitrogens with zero attached hydrogens (tertiary/aromatic N) is 3. The van der Waals surface area contributed by atoms with Crippen molar-refractivity contribution >= 4 is 16.6 Å². The molecule has 11 nitrogen and oxygen atoms in total. The van der Waals surface area contributed by atoms with Crippen LogP contribution in [0.3, 0.4) is 0 Å². The molecule has 2 fully saturated rings. The van der Waals surface area contributed by atoms with Crippen LogP contribution < -0.4 is 11.2 Å². The van der Waals surface area contributed by atoms with Crippen molar-refractivity contribution in [3.8, 4) is 11.1 Å². The molecule has 0 unspecified atom stereocenters. The number of aliphatic hydroxyl groups is 2. The SMILES string of the molecule is CC1(C)N(O[Si](C)(C)C(C)(C)C)C(c2ccc(-c3cn([C@H]4C[C@H](O)[C@@H](CO)O4)c(=O)[nH]c3=O)cc2)N(O[Si](C)(C)C(C)(C)C)C1(C)C. The van der Waals surface area contributed by atoms with E-state index >= 15 is 0 Å². The Balaban J connectivity index is 1.82. The van der Waals surface area contributed by atoms with Gasteiger partial charge in [-0.05, 0) is 75.1 Å². The van der Waals surface area contributed by atoms with Crippen LogP contribution in [0.25, 0.3) is 11.1 Å². The number of H-pyrrole nitrogens is 1. The molecule has 0 amide bonds. The first-order valence-corrected chi connectivity index (χ1v) is 22.5. The Kier molecular flexibility index (Phi) is 10.0. The van der Waals surface area contributed by atoms with E-state index in [9.17, 15) is 19.8 Å². The Morgan fingerprint density at radius 3 is 1.77 bits per heavy atom. The summed E-state index contributed by atoms with van der Waals surface area (Å²) >= 11 is 0. The topological polar surface area (TPSA) is 129 Å². The largest absolute Gasteiger partial charge is 0.394 e. The maximum Gasteiger partial charge on any atom is 0.330 e. The molecule has 0 saturated carbocycles. The van der Waals surface area contributed by atoms with Crippen molar-refractivity contribution in [3.05, 3.63) is 56.9 Å². The predicted molar refractivity (Wildman–Crippen MR) is 190 cm³/mol. The molecule has 1 aromatic heterocycles. The highest BCUT2D eigenvalue weighted by Gasteiger charge is 2.63. The van der Waals surface area contributed by atoms with E-state index in [0.717, 1.165) is 5.56 Å². The van der Waals surface area contributed by atoms with Crippen molar-refractivity contribution in [2.24, 2.45) is 0 Å². The van der Waals surface area contributed by atoms with Crippen molar-refractivity contribution in [3.63, 3.8) is 0 Å². The highest BCUT2D eigenvalue weighted by atomic mass is 28.4. The molecule has 0 spiro atoms. The molecule has 2 aromatic rings. The molecule has 0 bridgehead atoms. The second kappa shape index (κ2) is 12.4. The van der Waals surface area contributed by atoms with Crippen LogP contribution in [0.5, 0.6) is 0 Å². The van der Waals surface area contributed by atoms with Gasteiger partial charge >= 0.3 is 5.69 Å². The van der Waals surface area contributed by atoms with Gasteiger partial charge in [-0.1, -0.05) is 65.8 Å². The van der Waals surface area contributed by atoms with E-state index < -0.39 is 57.4 Å². The molecule has 264 valence electrons. The Bertz CT molecular complexity index is 1510. The smallest absolute Gasteiger partial charge is 0.330 e. The molecule has 0 aliphatic carbocycles. The molecule has 13 heteroatoms. The van der Waals surface area contributed by atoms with Crippen LogP contribution in [-0.4, -0.2) is 76.4 Å². The zero-order chi connectivity index (χ0) is 35.7. The molecule has 3 heterocycles. The summed E-state index contributed by atoms with van der Waals surface area (Å²) in [5.41, 5.74) is -0.229. The number of aliphatic hydroxyl groups excluding tert-OH is 2. The Hall–Kier alpha value is -1.95. The van der Waals surface area contributed by atoms with Crippen LogP contribution in [0.2, 0.25) is 36.3 Å². The molecule has 2 aliphatic heterocycles. The normalized spacial score (nSPS) is 24.7. The van der Waals surface area contributed by atoms with E-state index in [1.165, 1.54) is 10.8 Å². The van der Waals surface area contributed by atoms with Crippen LogP contribution >= 0.6 is 0 Å². The van der Waals surface area contributed by atoms with Crippen LogP contribution in [0.15, 0.2) is 40.1 Å². The van der Waals surface area contributed by atoms with Crippen molar-refractivity contribution in [2.75, 3.05) is 6.61 Å². The summed E-state index contributed by atoms with van der Waals surface area (Å²) in [5, 5.41) is 24.0. The Morgan fingerprint density at radius 1 is 0.894 bits per heavy atom. The highest BCUT2D eigenvalue weighted by Crippen LogP contribution is 2.54. The van der Waals surface area contributed by atoms with Gasteiger partial charge in [0.05, 0.1) is 29.4 Å². The first-order chi connectivity index (χ1) is 21.3. The Morgan fingerprint density at radius 2 is 1.36 bits per heavy atom. The lowest BCUT2D eigenvalue weighted by atomic mass is 9.84. The average molecular weight is 691 g/mol. The van der Waals surface area contributed by atoms with Gasteiger partial charge in [-0.15, -0.1) is 0 Å². The van der Waals surface area contributed by atoms with Crippen molar-refractivity contribution in [1.82, 2.24) is 19.7 Å². The molecular formula is C34H58N4O7Si2. The fraction of sp³-hybridized carbons (Fsp3) is 0.706. The number of benzene rings is 1. The summed E-state index contributed by atoms with van der Waals surface area (Å²) in [4.78, 5) is 28.2. The molecule has 0 radical (unpaired) electrons. The molecule has 47 heavy (non-hydrogen) atoms. The third-order valence-corrected chi connectivity index (χ3v) is 20.0. The number of ether oxygens (including phenoxy) is 1. The summed E-state index contributed by atoms with van der Waals surface area (Å²) < 4.78 is 21.3. The number of hydrogen-bond acceptors (Lipinski definition) is 9. The van der Waals surface area contributed by atoms with E-state index in [1.807, 2.05) is 24.3 Å². The number of hydroxylamine groups is 4. The molecule has 4 rings (SSSR count). The lowest BCUT2D eigenvalue weighted by Crippen LogP contribution is -2.58. The van der Waals surface area contributed by atoms with Gasteiger partial charge in [-0.2, -0.15) is 10.1 Å². The highest BCUT2D eigenvalue weighted by molar-refractivity contribution is 6.74. The fourth-order valence-corrected chi connectivity index (χ4v) is 7.59. The molecule has 3 atom stereocenters. The zero-order valence-electron chi connectivity index (χ0n) is 30.9. The van der Waals surface area contributed by atoms with Crippen LogP contribution in [0.4, 0.5) is 0 Å². The van der Waals surface area contributed by atoms with Crippen LogP contribution in [-0.2, 0) is 13.8 Å². The van der Waals surface area contributed by atoms with E-state index in [0.29, 0.717) is 5.56 Å². The minimum absolute atomic E-state index is 0.0320. The van der Waals surface area contributed by atoms with E-state index in [2.05, 4.69) is 111 Å². The van der Waals surface area contributed by atoms with Gasteiger partial charge in [-0.25, -0.2) is 4.79 Å². The van der Waals surface area contributed by atoms with Crippen molar-refractivity contribution in [1.29, 1.82) is 0 Å². The van der Waals surface area contributed by atoms with Crippen molar-refractivity contribution in [2.45, 2.75) is 148 Å². The molecular weight excluding hydrogens is 633 g/mol. The van der Waals surface area contributed by atoms with Gasteiger partial charge in [0.15, 0.2) is 0 Å². The van der Waals surface area contributed by atoms with E-state index in [1.54, 1.807) is 0 Å². The van der Waals surface area contributed by atoms with Gasteiger partial charge in [0.1, 0.15) is 18.5 Å². The summed E-state index contributed by atoms with van der Waals surface area (Å²) in [6.07, 6.45) is -1.32. The molecule has 1 aromatic carbocycles. The number of nitrogens with one attached hydrogen (secondary N) is 1. The standard InChI is InChI=1S/C34H58N4O7Si2/c1-31(2,3)46(11,12)44-37-29(38(34(9,10)33(37,7)8)45-47(13,14)32(4,5)6)23-17-15-22(16-18-23)24-20-36(30(42)35-28(24)41)27-19-25(40)26(21-39)43-27/h15-18,20,25-27,29,39-40H,19,21H2,1-14H3,(H,35,41,42)/t25-,26+,27+/m0/s1. The number of aromatic amines is 1. The predicted octanol–water partition coefficient (Wildman–Crippen LogP) is 5.89. The Labute approximate surface area is 282 Å². The molecule has 2 aliphatic rings. The lowest BCUT2D eigenvalue weighted by molar-refractivity contribution is -0.204. The maximum absolute atomic E-state index is 13.1. The number of hydrogen-bond donors (Lipinski definition) is 3. The average Bonchev–Trinajstić information content (AvgIpc) is 3.36. The van der Waals surface area contributed by atoms with Gasteiger partial charge in [0.2, 0.25) is 16.6 Å². The quantitative estimate of drug-likeness (QED) is 0.291. The summed E-state index contributed by atoms with van der Waals surface area (Å²) in [7, 11) is -4.59. The minimum atomic E-state index is -2.30. The lowest BCUT2D eigenvalue weighted by Gasteiger charge is -2.46. The van der Waals surface area contributed by atoms with Crippen molar-refractivity contribution < 1.29 is 24.0 Å². The monoisotopic (exact) mass is 690 g/mol. The van der Waals surface area contributed by atoms with E-state index in [4.69, 9.17) is 13.8 Å². The summed E-state index contributed by atoms with van der Waals surface area (Å²) in [6.45, 7) is 30.9. The van der Waals surface area contributed by atoms with Gasteiger partial charge < -0.3 is 24.0 Å². The second-order valence-corrected chi connectivity index (χ2v) is 26.7. The third-order valence-electron chi connectivity index (χ3n) is 11.5. The molecule has 2 saturated heterocycles. The van der Waals surface area contributed by atoms with Crippen LogP contribution in [0.1, 0.15) is 93.6 Å². The first-order valence-electron chi connectivity index (χ1n) is 16.6. The minimum Gasteiger partial charge on any atom is -0.394 e. The number of aromatic nitrogens is 2. The zero-order valence-corrected chi connectivity index (χ0v) is 32.9. The van der Waals surface area contributed by atoms with Gasteiger partial charge in [0, 0.05) is 12.6 Å². The molecule has 3 N–H and O–H groups in total. The number of rotatable bonds is 8. The fourth-order valence-electron chi connectivity index (χ4n) is 5.40. The summed E-state index contributed by atoms with van der Waals surface area (Å²) in [6, 6.07) is 7.74. The van der Waals surface area contributed by atoms with Crippen LogP contribution in [0, 0.1) is 0 Å². The van der Waals surface area contributed by atoms with E-state index in [-0.39, 0.29) is 34.8 Å². The second-order valence-electron chi connectivity index (χ2n) is 17.3. The van der Waals surface area contributed by atoms with Gasteiger partial charge in [0.25, 0.3) is 5.56 Å². The van der Waals surface area contributed by atoms with Gasteiger partial charge in [-0.3, -0.25) is 14.3 Å². The summed E-state index contributed by atoms with van der Waals surface area (Å²) in [5.74, 6) is 0. The maximum atomic E-state index is 13.1.